The van der Waals surface area contributed by atoms with Gasteiger partial charge in [0.05, 0.1) is 6.54 Å². The fourth-order valence-corrected chi connectivity index (χ4v) is 2.99. The van der Waals surface area contributed by atoms with Gasteiger partial charge in [-0.1, -0.05) is 18.2 Å². The minimum atomic E-state index is -0.165. The van der Waals surface area contributed by atoms with Crippen LogP contribution in [-0.2, 0) is 13.1 Å². The highest BCUT2D eigenvalue weighted by molar-refractivity contribution is 5.86. The first-order chi connectivity index (χ1) is 14.2. The van der Waals surface area contributed by atoms with E-state index in [1.807, 2.05) is 43.3 Å². The van der Waals surface area contributed by atoms with Gasteiger partial charge in [0.1, 0.15) is 17.0 Å². The van der Waals surface area contributed by atoms with Crippen LogP contribution in [0.2, 0.25) is 0 Å². The van der Waals surface area contributed by atoms with Gasteiger partial charge in [-0.3, -0.25) is 24.2 Å². The number of nitrogens with zero attached hydrogens (tertiary/aromatic N) is 5. The van der Waals surface area contributed by atoms with Gasteiger partial charge in [-0.05, 0) is 41.8 Å². The van der Waals surface area contributed by atoms with Crippen molar-refractivity contribution < 1.29 is 0 Å². The number of anilines is 1. The zero-order valence-electron chi connectivity index (χ0n) is 16.0. The highest BCUT2D eigenvalue weighted by atomic mass is 16.1. The van der Waals surface area contributed by atoms with Crippen LogP contribution in [0, 0.1) is 6.92 Å². The van der Waals surface area contributed by atoms with E-state index in [0.717, 1.165) is 16.7 Å². The van der Waals surface area contributed by atoms with E-state index in [1.165, 1.54) is 0 Å². The fourth-order valence-electron chi connectivity index (χ4n) is 2.99. The lowest BCUT2D eigenvalue weighted by Gasteiger charge is -2.11. The summed E-state index contributed by atoms with van der Waals surface area (Å²) in [6.07, 6.45) is 10.3. The molecule has 0 aliphatic heterocycles. The first kappa shape index (κ1) is 18.5. The number of pyridine rings is 3. The summed E-state index contributed by atoms with van der Waals surface area (Å²) in [4.78, 5) is 30.5. The topological polar surface area (TPSA) is 84.5 Å². The number of hydrogen-bond acceptors (Lipinski definition) is 6. The molecule has 0 aromatic carbocycles. The van der Waals surface area contributed by atoms with E-state index in [0.29, 0.717) is 30.1 Å². The van der Waals surface area contributed by atoms with Crippen molar-refractivity contribution >= 4 is 17.7 Å². The number of aromatic nitrogens is 4. The molecular formula is C22H20N6O. The molecule has 0 aliphatic carbocycles. The van der Waals surface area contributed by atoms with Crippen molar-refractivity contribution in [2.75, 3.05) is 5.32 Å². The highest BCUT2D eigenvalue weighted by Gasteiger charge is 2.12. The van der Waals surface area contributed by atoms with Crippen LogP contribution < -0.4 is 10.9 Å². The van der Waals surface area contributed by atoms with Crippen molar-refractivity contribution in [2.45, 2.75) is 20.0 Å². The maximum atomic E-state index is 13.1. The number of fused-ring (bicyclic) bond motifs is 1. The molecule has 4 aromatic rings. The van der Waals surface area contributed by atoms with Crippen LogP contribution in [0.1, 0.15) is 22.3 Å². The van der Waals surface area contributed by atoms with Crippen LogP contribution in [0.3, 0.4) is 0 Å². The molecule has 0 saturated carbocycles. The van der Waals surface area contributed by atoms with Crippen LogP contribution in [0.5, 0.6) is 0 Å². The standard InChI is InChI=1S/C22H20N6O/c1-16-5-4-10-28-21(16)27-20(26-14-18-7-3-9-24-12-18)19(22(28)29)15-25-13-17-6-2-8-23-11-17/h2-12,15,26H,13-14H2,1H3. The maximum absolute atomic E-state index is 13.1. The Balaban J connectivity index is 1.71. The number of nitrogens with one attached hydrogen (secondary N) is 1. The second-order valence-electron chi connectivity index (χ2n) is 6.61. The quantitative estimate of drug-likeness (QED) is 0.517. The Labute approximate surface area is 167 Å². The van der Waals surface area contributed by atoms with Crippen LogP contribution in [-0.4, -0.2) is 25.6 Å². The van der Waals surface area contributed by atoms with E-state index in [9.17, 15) is 4.79 Å². The van der Waals surface area contributed by atoms with E-state index >= 15 is 0 Å². The Bertz CT molecular complexity index is 1200. The van der Waals surface area contributed by atoms with E-state index in [1.54, 1.807) is 41.6 Å². The Hall–Kier alpha value is -3.87. The molecule has 0 saturated heterocycles. The van der Waals surface area contributed by atoms with Gasteiger partial charge in [0.2, 0.25) is 0 Å². The number of aryl methyl sites for hydroxylation is 1. The molecule has 4 aromatic heterocycles. The molecule has 0 aliphatic rings. The molecule has 0 radical (unpaired) electrons. The minimum Gasteiger partial charge on any atom is -0.365 e. The van der Waals surface area contributed by atoms with Gasteiger partial charge in [0.15, 0.2) is 0 Å². The molecular weight excluding hydrogens is 364 g/mol. The predicted octanol–water partition coefficient (Wildman–Crippen LogP) is 3.02. The Morgan fingerprint density at radius 1 is 1.07 bits per heavy atom. The molecule has 0 bridgehead atoms. The number of hydrogen-bond donors (Lipinski definition) is 1. The van der Waals surface area contributed by atoms with Crippen LogP contribution in [0.25, 0.3) is 5.65 Å². The smallest absolute Gasteiger partial charge is 0.268 e. The van der Waals surface area contributed by atoms with E-state index in [4.69, 9.17) is 4.98 Å². The zero-order valence-corrected chi connectivity index (χ0v) is 16.0. The summed E-state index contributed by atoms with van der Waals surface area (Å²) in [7, 11) is 0. The molecule has 0 unspecified atom stereocenters. The lowest BCUT2D eigenvalue weighted by atomic mass is 10.2. The van der Waals surface area contributed by atoms with Gasteiger partial charge in [0.25, 0.3) is 5.56 Å². The second kappa shape index (κ2) is 8.43. The summed E-state index contributed by atoms with van der Waals surface area (Å²) in [5.74, 6) is 0.503. The molecule has 7 nitrogen and oxygen atoms in total. The zero-order chi connectivity index (χ0) is 20.1. The highest BCUT2D eigenvalue weighted by Crippen LogP contribution is 2.13. The van der Waals surface area contributed by atoms with Crippen LogP contribution in [0.4, 0.5) is 5.82 Å². The lowest BCUT2D eigenvalue weighted by molar-refractivity contribution is 1.00. The van der Waals surface area contributed by atoms with E-state index in [-0.39, 0.29) is 5.56 Å². The SMILES string of the molecule is Cc1cccn2c(=O)c(C=NCc3cccnc3)c(NCc3cccnc3)nc12. The molecule has 144 valence electrons. The molecule has 0 spiro atoms. The van der Waals surface area contributed by atoms with Crippen molar-refractivity contribution in [2.24, 2.45) is 4.99 Å². The Morgan fingerprint density at radius 3 is 2.55 bits per heavy atom. The van der Waals surface area contributed by atoms with Gasteiger partial charge in [0, 0.05) is 43.7 Å². The van der Waals surface area contributed by atoms with Crippen LogP contribution in [0.15, 0.2) is 77.2 Å². The molecule has 0 amide bonds. The summed E-state index contributed by atoms with van der Waals surface area (Å²) < 4.78 is 1.55. The van der Waals surface area contributed by atoms with Crippen molar-refractivity contribution in [3.8, 4) is 0 Å². The van der Waals surface area contributed by atoms with Crippen molar-refractivity contribution in [1.29, 1.82) is 0 Å². The fraction of sp³-hybridized carbons (Fsp3) is 0.136. The summed E-state index contributed by atoms with van der Waals surface area (Å²) in [6, 6.07) is 11.4. The third kappa shape index (κ3) is 4.19. The molecule has 0 atom stereocenters. The normalized spacial score (nSPS) is 11.2. The Morgan fingerprint density at radius 2 is 1.83 bits per heavy atom. The summed E-state index contributed by atoms with van der Waals surface area (Å²) in [5, 5.41) is 3.27. The number of rotatable bonds is 6. The van der Waals surface area contributed by atoms with E-state index < -0.39 is 0 Å². The molecule has 7 heteroatoms. The monoisotopic (exact) mass is 384 g/mol. The van der Waals surface area contributed by atoms with Crippen LogP contribution >= 0.6 is 0 Å². The first-order valence-electron chi connectivity index (χ1n) is 9.26. The third-order valence-electron chi connectivity index (χ3n) is 4.48. The largest absolute Gasteiger partial charge is 0.365 e. The summed E-state index contributed by atoms with van der Waals surface area (Å²) >= 11 is 0. The predicted molar refractivity (Wildman–Crippen MR) is 113 cm³/mol. The van der Waals surface area contributed by atoms with Crippen molar-refractivity contribution in [1.82, 2.24) is 19.4 Å². The summed E-state index contributed by atoms with van der Waals surface area (Å²) in [6.45, 7) is 2.88. The molecule has 0 fully saturated rings. The first-order valence-corrected chi connectivity index (χ1v) is 9.26. The summed E-state index contributed by atoms with van der Waals surface area (Å²) in [5.41, 5.74) is 3.77. The van der Waals surface area contributed by atoms with Gasteiger partial charge in [-0.15, -0.1) is 0 Å². The molecule has 4 rings (SSSR count). The van der Waals surface area contributed by atoms with Crippen molar-refractivity contribution in [3.63, 3.8) is 0 Å². The second-order valence-corrected chi connectivity index (χ2v) is 6.61. The molecule has 29 heavy (non-hydrogen) atoms. The average Bonchev–Trinajstić information content (AvgIpc) is 2.76. The van der Waals surface area contributed by atoms with Crippen molar-refractivity contribution in [3.05, 3.63) is 100.0 Å². The maximum Gasteiger partial charge on any atom is 0.268 e. The molecule has 1 N–H and O–H groups in total. The Kier molecular flexibility index (Phi) is 5.38. The lowest BCUT2D eigenvalue weighted by Crippen LogP contribution is -2.23. The molecule has 4 heterocycles. The third-order valence-corrected chi connectivity index (χ3v) is 4.48. The van der Waals surface area contributed by atoms with Gasteiger partial charge in [-0.2, -0.15) is 0 Å². The minimum absolute atomic E-state index is 0.165. The van der Waals surface area contributed by atoms with Gasteiger partial charge in [-0.25, -0.2) is 4.98 Å². The average molecular weight is 384 g/mol. The number of aliphatic imine (C=N–C) groups is 1. The van der Waals surface area contributed by atoms with E-state index in [2.05, 4.69) is 20.3 Å². The van der Waals surface area contributed by atoms with Gasteiger partial charge >= 0.3 is 0 Å². The van der Waals surface area contributed by atoms with Gasteiger partial charge < -0.3 is 5.32 Å².